The number of nitrogens with one attached hydrogen (secondary N) is 3. The maximum Gasteiger partial charge on any atom is 0.258 e. The van der Waals surface area contributed by atoms with Crippen LogP contribution in [0, 0.1) is 22.6 Å². The van der Waals surface area contributed by atoms with Crippen molar-refractivity contribution in [1.29, 1.82) is 10.7 Å². The molecule has 1 aromatic heterocycles. The largest absolute Gasteiger partial charge is 0.352 e. The van der Waals surface area contributed by atoms with E-state index in [0.29, 0.717) is 28.9 Å². The Bertz CT molecular complexity index is 1130. The van der Waals surface area contributed by atoms with Gasteiger partial charge in [0.2, 0.25) is 0 Å². The van der Waals surface area contributed by atoms with Crippen molar-refractivity contribution in [3.8, 4) is 6.07 Å². The highest BCUT2D eigenvalue weighted by Crippen LogP contribution is 2.25. The minimum absolute atomic E-state index is 0.135. The zero-order valence-electron chi connectivity index (χ0n) is 16.0. The summed E-state index contributed by atoms with van der Waals surface area (Å²) in [4.78, 5) is 12.8. The van der Waals surface area contributed by atoms with E-state index in [1.54, 1.807) is 49.2 Å². The maximum atomic E-state index is 14.4. The van der Waals surface area contributed by atoms with Gasteiger partial charge in [-0.25, -0.2) is 4.39 Å². The van der Waals surface area contributed by atoms with Crippen LogP contribution in [0.2, 0.25) is 0 Å². The molecule has 0 unspecified atom stereocenters. The Morgan fingerprint density at radius 2 is 2.14 bits per heavy atom. The van der Waals surface area contributed by atoms with Crippen LogP contribution < -0.4 is 10.6 Å². The van der Waals surface area contributed by atoms with Gasteiger partial charge in [0.25, 0.3) is 5.91 Å². The van der Waals surface area contributed by atoms with E-state index in [0.717, 1.165) is 11.8 Å². The number of benzene rings is 2. The minimum Gasteiger partial charge on any atom is -0.352 e. The Morgan fingerprint density at radius 3 is 2.76 bits per heavy atom. The van der Waals surface area contributed by atoms with Gasteiger partial charge in [0, 0.05) is 36.4 Å². The second-order valence-corrected chi connectivity index (χ2v) is 6.34. The van der Waals surface area contributed by atoms with Crippen LogP contribution in [0.3, 0.4) is 0 Å². The summed E-state index contributed by atoms with van der Waals surface area (Å²) in [6.45, 7) is 1.77. The summed E-state index contributed by atoms with van der Waals surface area (Å²) in [5, 5.41) is 26.7. The Hall–Kier alpha value is -3.99. The smallest absolute Gasteiger partial charge is 0.258 e. The molecule has 146 valence electrons. The van der Waals surface area contributed by atoms with Gasteiger partial charge in [-0.2, -0.15) is 10.4 Å². The fraction of sp³-hybridized carbons (Fsp3) is 0.143. The molecule has 0 bridgehead atoms. The van der Waals surface area contributed by atoms with E-state index in [2.05, 4.69) is 15.7 Å². The molecule has 0 aliphatic heterocycles. The summed E-state index contributed by atoms with van der Waals surface area (Å²) < 4.78 is 16.0. The van der Waals surface area contributed by atoms with Gasteiger partial charge in [-0.3, -0.25) is 9.48 Å². The number of carbonyl (C=O) groups is 1. The molecule has 0 fully saturated rings. The van der Waals surface area contributed by atoms with E-state index >= 15 is 0 Å². The monoisotopic (exact) mass is 390 g/mol. The zero-order chi connectivity index (χ0) is 21.0. The van der Waals surface area contributed by atoms with Gasteiger partial charge in [-0.1, -0.05) is 6.92 Å². The summed E-state index contributed by atoms with van der Waals surface area (Å²) in [5.41, 5.74) is 2.86. The summed E-state index contributed by atoms with van der Waals surface area (Å²) in [5.74, 6) is -1.31. The molecule has 0 spiro atoms. The molecule has 0 atom stereocenters. The number of aromatic nitrogens is 2. The van der Waals surface area contributed by atoms with E-state index in [1.165, 1.54) is 12.3 Å². The number of hydrogen-bond acceptors (Lipinski definition) is 5. The number of amides is 1. The first kappa shape index (κ1) is 19.8. The van der Waals surface area contributed by atoms with Gasteiger partial charge in [0.05, 0.1) is 29.1 Å². The van der Waals surface area contributed by atoms with Crippen molar-refractivity contribution in [2.75, 3.05) is 10.6 Å². The van der Waals surface area contributed by atoms with Crippen LogP contribution in [-0.4, -0.2) is 21.9 Å². The molecule has 8 heteroatoms. The number of carbonyl (C=O) groups excluding carboxylic acids is 1. The predicted molar refractivity (Wildman–Crippen MR) is 109 cm³/mol. The van der Waals surface area contributed by atoms with Gasteiger partial charge in [0.1, 0.15) is 5.82 Å². The van der Waals surface area contributed by atoms with E-state index in [1.807, 2.05) is 6.07 Å². The van der Waals surface area contributed by atoms with Crippen molar-refractivity contribution in [1.82, 2.24) is 9.78 Å². The van der Waals surface area contributed by atoms with Crippen LogP contribution in [0.15, 0.2) is 42.7 Å². The molecule has 29 heavy (non-hydrogen) atoms. The van der Waals surface area contributed by atoms with Crippen LogP contribution in [0.1, 0.15) is 34.0 Å². The Balaban J connectivity index is 1.93. The molecule has 0 saturated heterocycles. The first-order valence-corrected chi connectivity index (χ1v) is 8.89. The average molecular weight is 390 g/mol. The third-order valence-electron chi connectivity index (χ3n) is 4.41. The predicted octanol–water partition coefficient (Wildman–Crippen LogP) is 3.99. The molecule has 0 radical (unpaired) electrons. The standard InChI is InChI=1S/C21H19FN6O/c1-3-17-13(9-23)5-7-18(22)20(17)21(29)27-15-6-4-14(10-24)19(8-15)26-16-11-25-28(2)12-16/h4-8,10-12,24,26H,3H2,1-2H3,(H,27,29). The topological polar surface area (TPSA) is 107 Å². The Morgan fingerprint density at radius 1 is 1.34 bits per heavy atom. The van der Waals surface area contributed by atoms with E-state index in [-0.39, 0.29) is 11.1 Å². The van der Waals surface area contributed by atoms with Crippen LogP contribution in [0.5, 0.6) is 0 Å². The second kappa shape index (κ2) is 8.35. The first-order valence-electron chi connectivity index (χ1n) is 8.89. The number of nitriles is 1. The summed E-state index contributed by atoms with van der Waals surface area (Å²) >= 11 is 0. The Labute approximate surface area is 167 Å². The molecule has 3 N–H and O–H groups in total. The highest BCUT2D eigenvalue weighted by atomic mass is 19.1. The second-order valence-electron chi connectivity index (χ2n) is 6.34. The highest BCUT2D eigenvalue weighted by Gasteiger charge is 2.19. The normalized spacial score (nSPS) is 10.3. The lowest BCUT2D eigenvalue weighted by molar-refractivity contribution is 0.102. The average Bonchev–Trinajstić information content (AvgIpc) is 3.12. The van der Waals surface area contributed by atoms with Crippen molar-refractivity contribution in [2.45, 2.75) is 13.3 Å². The van der Waals surface area contributed by atoms with Crippen molar-refractivity contribution >= 4 is 29.2 Å². The van der Waals surface area contributed by atoms with Crippen LogP contribution in [-0.2, 0) is 13.5 Å². The number of hydrogen-bond donors (Lipinski definition) is 3. The SMILES string of the molecule is CCc1c(C#N)ccc(F)c1C(=O)Nc1ccc(C=N)c(Nc2cnn(C)c2)c1. The first-order chi connectivity index (χ1) is 14.0. The molecule has 7 nitrogen and oxygen atoms in total. The van der Waals surface area contributed by atoms with Crippen molar-refractivity contribution in [3.63, 3.8) is 0 Å². The number of aryl methyl sites for hydroxylation is 1. The molecule has 2 aromatic carbocycles. The molecular weight excluding hydrogens is 371 g/mol. The van der Waals surface area contributed by atoms with Gasteiger partial charge >= 0.3 is 0 Å². The molecular formula is C21H19FN6O. The number of halogens is 1. The van der Waals surface area contributed by atoms with Crippen LogP contribution >= 0.6 is 0 Å². The molecule has 1 heterocycles. The van der Waals surface area contributed by atoms with Crippen LogP contribution in [0.4, 0.5) is 21.5 Å². The number of rotatable bonds is 6. The lowest BCUT2D eigenvalue weighted by atomic mass is 9.98. The van der Waals surface area contributed by atoms with Gasteiger partial charge in [0.15, 0.2) is 0 Å². The van der Waals surface area contributed by atoms with Crippen molar-refractivity contribution < 1.29 is 9.18 Å². The van der Waals surface area contributed by atoms with Gasteiger partial charge in [-0.05, 0) is 42.3 Å². The zero-order valence-corrected chi connectivity index (χ0v) is 16.0. The minimum atomic E-state index is -0.678. The van der Waals surface area contributed by atoms with E-state index < -0.39 is 11.7 Å². The summed E-state index contributed by atoms with van der Waals surface area (Å²) in [6.07, 6.45) is 4.95. The van der Waals surface area contributed by atoms with Crippen molar-refractivity contribution in [3.05, 3.63) is 70.8 Å². The van der Waals surface area contributed by atoms with E-state index in [4.69, 9.17) is 5.41 Å². The Kier molecular flexibility index (Phi) is 5.69. The van der Waals surface area contributed by atoms with Gasteiger partial charge < -0.3 is 16.0 Å². The summed E-state index contributed by atoms with van der Waals surface area (Å²) in [6, 6.07) is 9.45. The molecule has 3 aromatic rings. The lowest BCUT2D eigenvalue weighted by Crippen LogP contribution is -2.17. The highest BCUT2D eigenvalue weighted by molar-refractivity contribution is 6.06. The van der Waals surface area contributed by atoms with E-state index in [9.17, 15) is 14.4 Å². The maximum absolute atomic E-state index is 14.4. The van der Waals surface area contributed by atoms with Crippen molar-refractivity contribution in [2.24, 2.45) is 7.05 Å². The molecule has 0 aliphatic rings. The third-order valence-corrected chi connectivity index (χ3v) is 4.41. The lowest BCUT2D eigenvalue weighted by Gasteiger charge is -2.14. The number of nitrogens with zero attached hydrogens (tertiary/aromatic N) is 3. The molecule has 1 amide bonds. The molecule has 0 saturated carbocycles. The molecule has 0 aliphatic carbocycles. The fourth-order valence-corrected chi connectivity index (χ4v) is 3.04. The fourth-order valence-electron chi connectivity index (χ4n) is 3.04. The quantitative estimate of drug-likeness (QED) is 0.553. The summed E-state index contributed by atoms with van der Waals surface area (Å²) in [7, 11) is 1.79. The van der Waals surface area contributed by atoms with Gasteiger partial charge in [-0.15, -0.1) is 0 Å². The number of anilines is 3. The molecule has 3 rings (SSSR count). The third kappa shape index (κ3) is 4.14. The van der Waals surface area contributed by atoms with Crippen LogP contribution in [0.25, 0.3) is 0 Å².